The van der Waals surface area contributed by atoms with Crippen LogP contribution in [0.3, 0.4) is 0 Å². The summed E-state index contributed by atoms with van der Waals surface area (Å²) in [5.74, 6) is 1.45. The molecule has 5 nitrogen and oxygen atoms in total. The van der Waals surface area contributed by atoms with E-state index in [-0.39, 0.29) is 5.75 Å². The largest absolute Gasteiger partial charge is 0.490 e. The number of fused-ring (bicyclic) bond motifs is 1. The molecular weight excluding hydrogens is 348 g/mol. The lowest BCUT2D eigenvalue weighted by atomic mass is 10.0. The van der Waals surface area contributed by atoms with E-state index in [2.05, 4.69) is 4.40 Å². The second kappa shape index (κ2) is 7.27. The van der Waals surface area contributed by atoms with Crippen molar-refractivity contribution in [2.75, 3.05) is 12.3 Å². The van der Waals surface area contributed by atoms with Crippen LogP contribution in [0.2, 0.25) is 0 Å². The van der Waals surface area contributed by atoms with E-state index < -0.39 is 10.0 Å². The predicted octanol–water partition coefficient (Wildman–Crippen LogP) is 3.74. The van der Waals surface area contributed by atoms with Crippen LogP contribution in [0.5, 0.6) is 5.75 Å². The molecular formula is C20H24N2O3S. The third kappa shape index (κ3) is 3.85. The number of amidine groups is 1. The first-order chi connectivity index (χ1) is 12.6. The summed E-state index contributed by atoms with van der Waals surface area (Å²) < 4.78 is 33.9. The lowest BCUT2D eigenvalue weighted by Gasteiger charge is -2.29. The Hall–Kier alpha value is -2.08. The molecule has 6 heteroatoms. The number of nitrogens with zero attached hydrogens (tertiary/aromatic N) is 2. The second-order valence-electron chi connectivity index (χ2n) is 7.07. The molecule has 0 aromatic heterocycles. The molecule has 0 amide bonds. The van der Waals surface area contributed by atoms with Crippen molar-refractivity contribution in [3.05, 3.63) is 48.2 Å². The topological polar surface area (TPSA) is 59.0 Å². The van der Waals surface area contributed by atoms with Crippen LogP contribution in [0.15, 0.2) is 47.0 Å². The molecule has 0 radical (unpaired) electrons. The smallest absolute Gasteiger partial charge is 0.256 e. The summed E-state index contributed by atoms with van der Waals surface area (Å²) in [5.41, 5.74) is 1.78. The number of allylic oxidation sites excluding steroid dienone is 2. The Kier molecular flexibility index (Phi) is 4.85. The highest BCUT2D eigenvalue weighted by molar-refractivity contribution is 7.90. The maximum absolute atomic E-state index is 11.9. The van der Waals surface area contributed by atoms with Gasteiger partial charge < -0.3 is 9.64 Å². The Labute approximate surface area is 155 Å². The number of sulfonamides is 1. The normalized spacial score (nSPS) is 22.8. The molecule has 0 unspecified atom stereocenters. The molecule has 3 aliphatic rings. The van der Waals surface area contributed by atoms with E-state index >= 15 is 0 Å². The Bertz CT molecular complexity index is 846. The van der Waals surface area contributed by atoms with E-state index in [1.54, 1.807) is 0 Å². The molecule has 1 aromatic rings. The second-order valence-corrected chi connectivity index (χ2v) is 8.83. The zero-order valence-corrected chi connectivity index (χ0v) is 15.6. The fourth-order valence-electron chi connectivity index (χ4n) is 3.71. The molecule has 0 spiro atoms. The molecule has 26 heavy (non-hydrogen) atoms. The summed E-state index contributed by atoms with van der Waals surface area (Å²) >= 11 is 0. The average molecular weight is 372 g/mol. The minimum Gasteiger partial charge on any atom is -0.490 e. The maximum atomic E-state index is 11.9. The quantitative estimate of drug-likeness (QED) is 0.759. The maximum Gasteiger partial charge on any atom is 0.256 e. The molecule has 0 N–H and O–H groups in total. The molecule has 0 atom stereocenters. The van der Waals surface area contributed by atoms with Crippen molar-refractivity contribution in [1.29, 1.82) is 0 Å². The molecule has 138 valence electrons. The van der Waals surface area contributed by atoms with E-state index in [0.29, 0.717) is 18.5 Å². The fourth-order valence-corrected chi connectivity index (χ4v) is 4.69. The first-order valence-corrected chi connectivity index (χ1v) is 11.0. The first-order valence-electron chi connectivity index (χ1n) is 9.36. The fraction of sp³-hybridized carbons (Fsp3) is 0.450. The predicted molar refractivity (Wildman–Crippen MR) is 104 cm³/mol. The van der Waals surface area contributed by atoms with Crippen molar-refractivity contribution in [2.24, 2.45) is 4.40 Å². The van der Waals surface area contributed by atoms with Crippen LogP contribution in [0.4, 0.5) is 0 Å². The van der Waals surface area contributed by atoms with Crippen molar-refractivity contribution in [2.45, 2.75) is 44.6 Å². The van der Waals surface area contributed by atoms with Gasteiger partial charge in [0.2, 0.25) is 0 Å². The Morgan fingerprint density at radius 3 is 2.50 bits per heavy atom. The molecule has 1 aliphatic carbocycles. The molecule has 2 aliphatic heterocycles. The van der Waals surface area contributed by atoms with Gasteiger partial charge in [0.1, 0.15) is 5.75 Å². The minimum absolute atomic E-state index is 0.0578. The average Bonchev–Trinajstić information content (AvgIpc) is 2.90. The van der Waals surface area contributed by atoms with Crippen molar-refractivity contribution < 1.29 is 13.2 Å². The monoisotopic (exact) mass is 372 g/mol. The van der Waals surface area contributed by atoms with Crippen LogP contribution in [0.1, 0.15) is 44.1 Å². The van der Waals surface area contributed by atoms with Gasteiger partial charge in [0.05, 0.1) is 11.9 Å². The number of benzene rings is 1. The van der Waals surface area contributed by atoms with E-state index in [9.17, 15) is 8.42 Å². The molecule has 4 rings (SSSR count). The van der Waals surface area contributed by atoms with Crippen molar-refractivity contribution in [3.8, 4) is 5.75 Å². The van der Waals surface area contributed by atoms with E-state index in [4.69, 9.17) is 4.74 Å². The van der Waals surface area contributed by atoms with Gasteiger partial charge in [0.15, 0.2) is 5.84 Å². The van der Waals surface area contributed by atoms with Gasteiger partial charge in [-0.05, 0) is 55.5 Å². The zero-order valence-electron chi connectivity index (χ0n) is 14.8. The Balaban J connectivity index is 1.53. The summed E-state index contributed by atoms with van der Waals surface area (Å²) in [7, 11) is -3.38. The minimum atomic E-state index is -3.38. The van der Waals surface area contributed by atoms with Crippen LogP contribution < -0.4 is 4.74 Å². The number of rotatable bonds is 3. The SMILES string of the molecule is O=S1(=O)CCN2C=CC=C(c3ccc(OC4CCCCCC4)cc3)C2=N1. The lowest BCUT2D eigenvalue weighted by Crippen LogP contribution is -2.37. The Morgan fingerprint density at radius 2 is 1.77 bits per heavy atom. The molecule has 1 saturated carbocycles. The lowest BCUT2D eigenvalue weighted by molar-refractivity contribution is 0.184. The number of hydrogen-bond donors (Lipinski definition) is 0. The summed E-state index contributed by atoms with van der Waals surface area (Å²) in [6.07, 6.45) is 13.4. The Morgan fingerprint density at radius 1 is 1.04 bits per heavy atom. The third-order valence-corrected chi connectivity index (χ3v) is 6.28. The molecule has 0 bridgehead atoms. The van der Waals surface area contributed by atoms with Crippen molar-refractivity contribution in [3.63, 3.8) is 0 Å². The number of ether oxygens (including phenoxy) is 1. The van der Waals surface area contributed by atoms with Gasteiger partial charge >= 0.3 is 0 Å². The van der Waals surface area contributed by atoms with Gasteiger partial charge in [-0.1, -0.05) is 25.0 Å². The molecule has 0 saturated heterocycles. The standard InChI is InChI=1S/C20H24N2O3S/c23-26(24)15-14-22-13-5-8-19(20(22)21-26)16-9-11-18(12-10-16)25-17-6-3-1-2-4-7-17/h5,8-13,17H,1-4,6-7,14-15H2. The summed E-state index contributed by atoms with van der Waals surface area (Å²) in [5, 5.41) is 0. The zero-order chi connectivity index (χ0) is 18.0. The van der Waals surface area contributed by atoms with Gasteiger partial charge in [-0.25, -0.2) is 8.42 Å². The van der Waals surface area contributed by atoms with Crippen LogP contribution in [0.25, 0.3) is 5.57 Å². The van der Waals surface area contributed by atoms with Crippen LogP contribution >= 0.6 is 0 Å². The van der Waals surface area contributed by atoms with Crippen LogP contribution in [-0.4, -0.2) is 37.6 Å². The first kappa shape index (κ1) is 17.3. The van der Waals surface area contributed by atoms with Gasteiger partial charge in [0.25, 0.3) is 10.0 Å². The molecule has 1 aromatic carbocycles. The van der Waals surface area contributed by atoms with E-state index in [0.717, 1.165) is 29.7 Å². The van der Waals surface area contributed by atoms with Crippen LogP contribution in [-0.2, 0) is 10.0 Å². The molecule has 2 heterocycles. The summed E-state index contributed by atoms with van der Waals surface area (Å²) in [4.78, 5) is 1.90. The van der Waals surface area contributed by atoms with Crippen molar-refractivity contribution in [1.82, 2.24) is 4.90 Å². The van der Waals surface area contributed by atoms with E-state index in [1.807, 2.05) is 47.5 Å². The van der Waals surface area contributed by atoms with Gasteiger partial charge in [-0.2, -0.15) is 0 Å². The summed E-state index contributed by atoms with van der Waals surface area (Å²) in [6.45, 7) is 0.442. The highest BCUT2D eigenvalue weighted by atomic mass is 32.2. The van der Waals surface area contributed by atoms with Crippen LogP contribution in [0, 0.1) is 0 Å². The summed E-state index contributed by atoms with van der Waals surface area (Å²) in [6, 6.07) is 7.92. The van der Waals surface area contributed by atoms with Gasteiger partial charge in [-0.3, -0.25) is 0 Å². The molecule has 1 fully saturated rings. The number of hydrogen-bond acceptors (Lipinski definition) is 4. The van der Waals surface area contributed by atoms with Gasteiger partial charge in [0, 0.05) is 18.3 Å². The van der Waals surface area contributed by atoms with Crippen molar-refractivity contribution >= 4 is 21.4 Å². The highest BCUT2D eigenvalue weighted by Crippen LogP contribution is 2.28. The highest BCUT2D eigenvalue weighted by Gasteiger charge is 2.27. The van der Waals surface area contributed by atoms with Gasteiger partial charge in [-0.15, -0.1) is 4.40 Å². The third-order valence-electron chi connectivity index (χ3n) is 5.13. The van der Waals surface area contributed by atoms with E-state index in [1.165, 1.54) is 25.7 Å².